The van der Waals surface area contributed by atoms with E-state index < -0.39 is 0 Å². The van der Waals surface area contributed by atoms with Crippen LogP contribution < -0.4 is 16.0 Å². The van der Waals surface area contributed by atoms with Crippen LogP contribution in [0.3, 0.4) is 0 Å². The summed E-state index contributed by atoms with van der Waals surface area (Å²) in [6.45, 7) is 8.63. The molecule has 0 rings (SSSR count). The topological polar surface area (TPSA) is 45.3 Å². The van der Waals surface area contributed by atoms with Gasteiger partial charge < -0.3 is 20.7 Å². The molecule has 0 aromatic heterocycles. The average Bonchev–Trinajstić information content (AvgIpc) is 2.16. The minimum atomic E-state index is 0.801. The zero-order chi connectivity index (χ0) is 9.78. The quantitative estimate of drug-likeness (QED) is 0.402. The van der Waals surface area contributed by atoms with Gasteiger partial charge in [0.2, 0.25) is 0 Å². The lowest BCUT2D eigenvalue weighted by Gasteiger charge is -2.05. The van der Waals surface area contributed by atoms with Crippen molar-refractivity contribution in [1.29, 1.82) is 0 Å². The predicted octanol–water partition coefficient (Wildman–Crippen LogP) is -0.578. The van der Waals surface area contributed by atoms with E-state index in [0.29, 0.717) is 0 Å². The molecule has 13 heavy (non-hydrogen) atoms. The van der Waals surface area contributed by atoms with Gasteiger partial charge in [0.1, 0.15) is 0 Å². The van der Waals surface area contributed by atoms with Gasteiger partial charge in [-0.25, -0.2) is 0 Å². The van der Waals surface area contributed by atoms with Gasteiger partial charge in [-0.15, -0.1) is 0 Å². The zero-order valence-electron chi connectivity index (χ0n) is 8.86. The molecule has 0 amide bonds. The van der Waals surface area contributed by atoms with Crippen molar-refractivity contribution >= 4 is 0 Å². The molecule has 0 heterocycles. The van der Waals surface area contributed by atoms with Gasteiger partial charge in [0.25, 0.3) is 0 Å². The van der Waals surface area contributed by atoms with Crippen LogP contribution >= 0.6 is 0 Å². The van der Waals surface area contributed by atoms with Crippen molar-refractivity contribution in [3.8, 4) is 0 Å². The van der Waals surface area contributed by atoms with Crippen molar-refractivity contribution in [2.45, 2.75) is 6.92 Å². The third-order valence-corrected chi connectivity index (χ3v) is 1.65. The van der Waals surface area contributed by atoms with E-state index >= 15 is 0 Å². The van der Waals surface area contributed by atoms with Crippen LogP contribution in [0.4, 0.5) is 0 Å². The molecule has 80 valence electrons. The molecule has 0 aliphatic carbocycles. The maximum Gasteiger partial charge on any atom is 0.0591 e. The van der Waals surface area contributed by atoms with Crippen LogP contribution in [-0.2, 0) is 4.74 Å². The highest BCUT2D eigenvalue weighted by atomic mass is 16.5. The lowest BCUT2D eigenvalue weighted by molar-refractivity contribution is 0.138. The summed E-state index contributed by atoms with van der Waals surface area (Å²) in [6, 6.07) is 0. The second-order valence-corrected chi connectivity index (χ2v) is 2.82. The molecule has 0 radical (unpaired) electrons. The zero-order valence-corrected chi connectivity index (χ0v) is 8.86. The van der Waals surface area contributed by atoms with E-state index in [2.05, 4.69) is 22.9 Å². The number of hydrogen-bond donors (Lipinski definition) is 3. The van der Waals surface area contributed by atoms with Gasteiger partial charge in [0.15, 0.2) is 0 Å². The average molecular weight is 189 g/mol. The monoisotopic (exact) mass is 189 g/mol. The van der Waals surface area contributed by atoms with Crippen LogP contribution in [-0.4, -0.2) is 53.0 Å². The fourth-order valence-electron chi connectivity index (χ4n) is 0.906. The van der Waals surface area contributed by atoms with Crippen LogP contribution in [0.5, 0.6) is 0 Å². The first-order chi connectivity index (χ1) is 6.41. The Morgan fingerprint density at radius 3 is 2.23 bits per heavy atom. The molecule has 0 aliphatic rings. The van der Waals surface area contributed by atoms with Gasteiger partial charge in [-0.1, -0.05) is 6.92 Å². The summed E-state index contributed by atoms with van der Waals surface area (Å²) < 4.78 is 5.37. The van der Waals surface area contributed by atoms with Gasteiger partial charge in [-0.2, -0.15) is 0 Å². The van der Waals surface area contributed by atoms with E-state index in [9.17, 15) is 0 Å². The minimum Gasteiger partial charge on any atom is -0.379 e. The van der Waals surface area contributed by atoms with Crippen molar-refractivity contribution in [2.24, 2.45) is 0 Å². The van der Waals surface area contributed by atoms with Gasteiger partial charge >= 0.3 is 0 Å². The van der Waals surface area contributed by atoms with Gasteiger partial charge in [0, 0.05) is 26.2 Å². The Kier molecular flexibility index (Phi) is 11.7. The fraction of sp³-hybridized carbons (Fsp3) is 1.00. The Morgan fingerprint density at radius 2 is 1.62 bits per heavy atom. The first-order valence-electron chi connectivity index (χ1n) is 5.05. The maximum absolute atomic E-state index is 5.37. The van der Waals surface area contributed by atoms with Crippen LogP contribution in [0.2, 0.25) is 0 Å². The highest BCUT2D eigenvalue weighted by molar-refractivity contribution is 4.48. The van der Waals surface area contributed by atoms with Crippen molar-refractivity contribution in [1.82, 2.24) is 16.0 Å². The Bertz CT molecular complexity index is 80.9. The molecule has 0 saturated carbocycles. The maximum atomic E-state index is 5.37. The lowest BCUT2D eigenvalue weighted by Crippen LogP contribution is -2.28. The normalized spacial score (nSPS) is 10.6. The molecular formula is C9H23N3O. The molecule has 4 heteroatoms. The molecule has 0 fully saturated rings. The van der Waals surface area contributed by atoms with Crippen molar-refractivity contribution < 1.29 is 4.74 Å². The van der Waals surface area contributed by atoms with Crippen molar-refractivity contribution in [3.05, 3.63) is 0 Å². The molecule has 0 aromatic carbocycles. The molecule has 3 N–H and O–H groups in total. The Hall–Kier alpha value is -0.160. The van der Waals surface area contributed by atoms with E-state index in [-0.39, 0.29) is 0 Å². The van der Waals surface area contributed by atoms with E-state index in [1.165, 1.54) is 0 Å². The Morgan fingerprint density at radius 1 is 0.923 bits per heavy atom. The summed E-state index contributed by atoms with van der Waals surface area (Å²) in [5.74, 6) is 0. The van der Waals surface area contributed by atoms with Crippen LogP contribution in [0.25, 0.3) is 0 Å². The van der Waals surface area contributed by atoms with Crippen LogP contribution in [0.15, 0.2) is 0 Å². The molecule has 0 aromatic rings. The molecule has 0 bridgehead atoms. The summed E-state index contributed by atoms with van der Waals surface area (Å²) in [4.78, 5) is 0. The molecule has 4 nitrogen and oxygen atoms in total. The summed E-state index contributed by atoms with van der Waals surface area (Å²) in [5, 5.41) is 9.55. The molecule has 0 saturated heterocycles. The van der Waals surface area contributed by atoms with E-state index in [1.54, 1.807) is 0 Å². The Labute approximate surface area is 81.4 Å². The van der Waals surface area contributed by atoms with E-state index in [0.717, 1.165) is 45.9 Å². The van der Waals surface area contributed by atoms with Gasteiger partial charge in [-0.05, 0) is 13.6 Å². The third-order valence-electron chi connectivity index (χ3n) is 1.65. The molecule has 0 spiro atoms. The number of nitrogens with one attached hydrogen (secondary N) is 3. The standard InChI is InChI=1S/C9H23N3O/c1-3-11-6-8-13-9-7-12-5-4-10-2/h10-12H,3-9H2,1-2H3. The largest absolute Gasteiger partial charge is 0.379 e. The van der Waals surface area contributed by atoms with E-state index in [1.807, 2.05) is 7.05 Å². The number of rotatable bonds is 10. The molecular weight excluding hydrogens is 166 g/mol. The lowest BCUT2D eigenvalue weighted by atomic mass is 10.5. The molecule has 0 unspecified atom stereocenters. The smallest absolute Gasteiger partial charge is 0.0591 e. The predicted molar refractivity (Wildman–Crippen MR) is 56.2 cm³/mol. The minimum absolute atomic E-state index is 0.801. The first-order valence-corrected chi connectivity index (χ1v) is 5.05. The van der Waals surface area contributed by atoms with Gasteiger partial charge in [0.05, 0.1) is 13.2 Å². The summed E-state index contributed by atoms with van der Waals surface area (Å²) in [5.41, 5.74) is 0. The first kappa shape index (κ1) is 12.8. The Balaban J connectivity index is 2.76. The SMILES string of the molecule is CCNCCOCCNCCNC. The summed E-state index contributed by atoms with van der Waals surface area (Å²) in [7, 11) is 1.95. The van der Waals surface area contributed by atoms with Gasteiger partial charge in [-0.3, -0.25) is 0 Å². The van der Waals surface area contributed by atoms with Crippen molar-refractivity contribution in [2.75, 3.05) is 53.0 Å². The number of ether oxygens (including phenoxy) is 1. The van der Waals surface area contributed by atoms with E-state index in [4.69, 9.17) is 4.74 Å². The third kappa shape index (κ3) is 11.8. The summed E-state index contributed by atoms with van der Waals surface area (Å²) in [6.07, 6.45) is 0. The number of hydrogen-bond acceptors (Lipinski definition) is 4. The second-order valence-electron chi connectivity index (χ2n) is 2.82. The van der Waals surface area contributed by atoms with Crippen LogP contribution in [0.1, 0.15) is 6.92 Å². The number of likely N-dealkylation sites (N-methyl/N-ethyl adjacent to an activating group) is 2. The van der Waals surface area contributed by atoms with Crippen molar-refractivity contribution in [3.63, 3.8) is 0 Å². The highest BCUT2D eigenvalue weighted by Gasteiger charge is 1.87. The van der Waals surface area contributed by atoms with Crippen LogP contribution in [0, 0.1) is 0 Å². The second kappa shape index (κ2) is 11.8. The molecule has 0 aliphatic heterocycles. The fourth-order valence-corrected chi connectivity index (χ4v) is 0.906. The highest BCUT2D eigenvalue weighted by Crippen LogP contribution is 1.71. The molecule has 0 atom stereocenters. The summed E-state index contributed by atoms with van der Waals surface area (Å²) >= 11 is 0.